The monoisotopic (exact) mass is 439 g/mol. The summed E-state index contributed by atoms with van der Waals surface area (Å²) in [6, 6.07) is 11.2. The highest BCUT2D eigenvalue weighted by molar-refractivity contribution is 6.35. The van der Waals surface area contributed by atoms with Gasteiger partial charge in [-0.05, 0) is 35.9 Å². The molecule has 5 rings (SSSR count). The van der Waals surface area contributed by atoms with Gasteiger partial charge in [0.2, 0.25) is 0 Å². The van der Waals surface area contributed by atoms with E-state index < -0.39 is 11.8 Å². The molecule has 0 spiro atoms. The van der Waals surface area contributed by atoms with Gasteiger partial charge in [-0.15, -0.1) is 19.6 Å². The third-order valence-corrected chi connectivity index (χ3v) is 6.35. The summed E-state index contributed by atoms with van der Waals surface area (Å²) in [6.07, 6.45) is 1.09. The number of hydrogen-bond acceptors (Lipinski definition) is 3. The van der Waals surface area contributed by atoms with Gasteiger partial charge >= 0.3 is 6.36 Å². The molecule has 2 unspecified atom stereocenters. The molecule has 2 heterocycles. The minimum absolute atomic E-state index is 0.00194. The van der Waals surface area contributed by atoms with Gasteiger partial charge in [-0.3, -0.25) is 0 Å². The van der Waals surface area contributed by atoms with Crippen molar-refractivity contribution in [2.45, 2.75) is 24.6 Å². The zero-order chi connectivity index (χ0) is 20.6. The van der Waals surface area contributed by atoms with Crippen molar-refractivity contribution in [1.29, 1.82) is 0 Å². The molecule has 1 aliphatic carbocycles. The molecule has 150 valence electrons. The lowest BCUT2D eigenvalue weighted by molar-refractivity contribution is -0.274. The van der Waals surface area contributed by atoms with E-state index in [1.54, 1.807) is 18.2 Å². The Kier molecular flexibility index (Phi) is 4.05. The Balaban J connectivity index is 1.42. The Labute approximate surface area is 175 Å². The number of ether oxygens (including phenoxy) is 2. The standard InChI is InChI=1S/C21H14Cl2F3NO2/c1-2-20-10-27(14-8-12(22)7-13(23)9-14)19-18(28-19)17(20)16(20)11-3-5-15(6-4-11)29-21(24,25)26/h1,3-9,16-19H,10H2/t16-,17-,18?,19?,20-/m0/s1. The topological polar surface area (TPSA) is 25.0 Å². The molecule has 0 N–H and O–H groups in total. The first kappa shape index (κ1) is 18.9. The summed E-state index contributed by atoms with van der Waals surface area (Å²) >= 11 is 12.3. The summed E-state index contributed by atoms with van der Waals surface area (Å²) in [5.74, 6) is 2.81. The van der Waals surface area contributed by atoms with E-state index in [-0.39, 0.29) is 29.9 Å². The zero-order valence-corrected chi connectivity index (χ0v) is 16.3. The fourth-order valence-corrected chi connectivity index (χ4v) is 5.23. The quantitative estimate of drug-likeness (QED) is 0.468. The summed E-state index contributed by atoms with van der Waals surface area (Å²) in [5.41, 5.74) is 1.25. The normalized spacial score (nSPS) is 32.1. The number of piperidine rings is 1. The maximum atomic E-state index is 12.4. The minimum Gasteiger partial charge on any atom is -0.406 e. The van der Waals surface area contributed by atoms with Crippen molar-refractivity contribution in [3.63, 3.8) is 0 Å². The van der Waals surface area contributed by atoms with Crippen LogP contribution >= 0.6 is 23.2 Å². The number of fused-ring (bicyclic) bond motifs is 3. The highest BCUT2D eigenvalue weighted by Crippen LogP contribution is 2.73. The van der Waals surface area contributed by atoms with E-state index in [0.29, 0.717) is 16.6 Å². The van der Waals surface area contributed by atoms with Crippen LogP contribution in [0.4, 0.5) is 18.9 Å². The lowest BCUT2D eigenvalue weighted by Gasteiger charge is -2.30. The van der Waals surface area contributed by atoms with Crippen LogP contribution in [-0.4, -0.2) is 25.2 Å². The second-order valence-corrected chi connectivity index (χ2v) is 8.42. The van der Waals surface area contributed by atoms with Crippen molar-refractivity contribution in [1.82, 2.24) is 0 Å². The number of halogens is 5. The van der Waals surface area contributed by atoms with Crippen LogP contribution in [0.25, 0.3) is 0 Å². The average Bonchev–Trinajstić information content (AvgIpc) is 3.52. The summed E-state index contributed by atoms with van der Waals surface area (Å²) in [4.78, 5) is 2.07. The van der Waals surface area contributed by atoms with Gasteiger partial charge in [0, 0.05) is 34.1 Å². The molecule has 5 atom stereocenters. The van der Waals surface area contributed by atoms with E-state index in [2.05, 4.69) is 15.6 Å². The third-order valence-electron chi connectivity index (χ3n) is 5.91. The molecule has 0 bridgehead atoms. The molecule has 3 fully saturated rings. The van der Waals surface area contributed by atoms with Crippen molar-refractivity contribution in [3.05, 3.63) is 58.1 Å². The van der Waals surface area contributed by atoms with Crippen LogP contribution in [0.15, 0.2) is 42.5 Å². The van der Waals surface area contributed by atoms with Crippen LogP contribution in [-0.2, 0) is 4.74 Å². The summed E-state index contributed by atoms with van der Waals surface area (Å²) in [5, 5.41) is 1.04. The van der Waals surface area contributed by atoms with Gasteiger partial charge in [0.05, 0.1) is 5.41 Å². The predicted molar refractivity (Wildman–Crippen MR) is 103 cm³/mol. The van der Waals surface area contributed by atoms with Crippen molar-refractivity contribution >= 4 is 28.9 Å². The Morgan fingerprint density at radius 2 is 1.79 bits per heavy atom. The lowest BCUT2D eigenvalue weighted by Crippen LogP contribution is -2.39. The number of anilines is 1. The lowest BCUT2D eigenvalue weighted by atomic mass is 9.95. The predicted octanol–water partition coefficient (Wildman–Crippen LogP) is 5.47. The number of hydrogen-bond donors (Lipinski definition) is 0. The molecule has 0 radical (unpaired) electrons. The first-order valence-corrected chi connectivity index (χ1v) is 9.69. The highest BCUT2D eigenvalue weighted by Gasteiger charge is 2.77. The fraction of sp³-hybridized carbons (Fsp3) is 0.333. The molecule has 2 aromatic carbocycles. The van der Waals surface area contributed by atoms with E-state index >= 15 is 0 Å². The van der Waals surface area contributed by atoms with Crippen molar-refractivity contribution in [3.8, 4) is 18.1 Å². The van der Waals surface area contributed by atoms with Crippen molar-refractivity contribution in [2.24, 2.45) is 11.3 Å². The minimum atomic E-state index is -4.72. The van der Waals surface area contributed by atoms with Crippen molar-refractivity contribution in [2.75, 3.05) is 11.4 Å². The van der Waals surface area contributed by atoms with Crippen LogP contribution in [0.2, 0.25) is 10.0 Å². The van der Waals surface area contributed by atoms with Gasteiger partial charge in [-0.1, -0.05) is 41.3 Å². The molecule has 2 aromatic rings. The molecular weight excluding hydrogens is 426 g/mol. The second kappa shape index (κ2) is 6.21. The third kappa shape index (κ3) is 3.13. The number of alkyl halides is 3. The van der Waals surface area contributed by atoms with Crippen LogP contribution < -0.4 is 9.64 Å². The molecule has 1 saturated carbocycles. The molecule has 0 amide bonds. The van der Waals surface area contributed by atoms with Gasteiger partial charge < -0.3 is 14.4 Å². The number of benzene rings is 2. The number of epoxide rings is 1. The van der Waals surface area contributed by atoms with Crippen LogP contribution in [0.3, 0.4) is 0 Å². The molecule has 29 heavy (non-hydrogen) atoms. The van der Waals surface area contributed by atoms with Gasteiger partial charge in [-0.25, -0.2) is 0 Å². The van der Waals surface area contributed by atoms with Crippen molar-refractivity contribution < 1.29 is 22.6 Å². The molecule has 2 aliphatic heterocycles. The highest BCUT2D eigenvalue weighted by atomic mass is 35.5. The Morgan fingerprint density at radius 3 is 2.38 bits per heavy atom. The Bertz CT molecular complexity index is 1000. The molecule has 0 aromatic heterocycles. The maximum absolute atomic E-state index is 12.4. The molecule has 8 heteroatoms. The van der Waals surface area contributed by atoms with E-state index in [9.17, 15) is 13.2 Å². The van der Waals surface area contributed by atoms with Gasteiger partial charge in [-0.2, -0.15) is 0 Å². The van der Waals surface area contributed by atoms with E-state index in [4.69, 9.17) is 34.4 Å². The van der Waals surface area contributed by atoms with Crippen LogP contribution in [0.5, 0.6) is 5.75 Å². The first-order chi connectivity index (χ1) is 13.7. The average molecular weight is 440 g/mol. The zero-order valence-electron chi connectivity index (χ0n) is 14.8. The molecule has 3 aliphatic rings. The van der Waals surface area contributed by atoms with E-state index in [0.717, 1.165) is 11.3 Å². The molecular formula is C21H14Cl2F3NO2. The number of nitrogens with zero attached hydrogens (tertiary/aromatic N) is 1. The Hall–Kier alpha value is -2.07. The second-order valence-electron chi connectivity index (χ2n) is 7.55. The fourth-order valence-electron chi connectivity index (χ4n) is 4.71. The van der Waals surface area contributed by atoms with E-state index in [1.807, 2.05) is 12.1 Å². The largest absolute Gasteiger partial charge is 0.573 e. The van der Waals surface area contributed by atoms with Gasteiger partial charge in [0.1, 0.15) is 11.9 Å². The molecule has 3 nitrogen and oxygen atoms in total. The number of rotatable bonds is 3. The SMILES string of the molecule is C#C[C@@]12CN(c3cc(Cl)cc(Cl)c3)C3OC3[C@@H]1[C@@H]2c1ccc(OC(F)(F)F)cc1. The summed E-state index contributed by atoms with van der Waals surface area (Å²) in [6.45, 7) is 0.553. The first-order valence-electron chi connectivity index (χ1n) is 8.93. The van der Waals surface area contributed by atoms with Crippen LogP contribution in [0.1, 0.15) is 11.5 Å². The maximum Gasteiger partial charge on any atom is 0.573 e. The van der Waals surface area contributed by atoms with Crippen LogP contribution in [0, 0.1) is 23.7 Å². The van der Waals surface area contributed by atoms with Gasteiger partial charge in [0.15, 0.2) is 6.23 Å². The van der Waals surface area contributed by atoms with E-state index in [1.165, 1.54) is 12.1 Å². The number of terminal acetylenes is 1. The summed E-state index contributed by atoms with van der Waals surface area (Å²) in [7, 11) is 0. The Morgan fingerprint density at radius 1 is 1.14 bits per heavy atom. The molecule has 2 saturated heterocycles. The smallest absolute Gasteiger partial charge is 0.406 e. The van der Waals surface area contributed by atoms with Gasteiger partial charge in [0.25, 0.3) is 0 Å². The summed E-state index contributed by atoms with van der Waals surface area (Å²) < 4.78 is 47.1.